The van der Waals surface area contributed by atoms with Crippen LogP contribution in [0, 0.1) is 0 Å². The number of hydrogen-bond acceptors (Lipinski definition) is 3. The zero-order chi connectivity index (χ0) is 13.4. The van der Waals surface area contributed by atoms with Gasteiger partial charge >= 0.3 is 0 Å². The molecule has 4 nitrogen and oxygen atoms in total. The number of aromatic amines is 1. The highest BCUT2D eigenvalue weighted by Gasteiger charge is 2.08. The minimum atomic E-state index is 0.541. The third-order valence-corrected chi connectivity index (χ3v) is 3.96. The molecule has 1 N–H and O–H groups in total. The molecule has 1 aromatic carbocycles. The molecule has 0 aliphatic carbocycles. The van der Waals surface area contributed by atoms with Crippen molar-refractivity contribution in [2.45, 2.75) is 0 Å². The Hall–Kier alpha value is -1.59. The molecule has 6 heteroatoms. The quantitative estimate of drug-likeness (QED) is 0.767. The lowest BCUT2D eigenvalue weighted by atomic mass is 10.2. The van der Waals surface area contributed by atoms with Crippen LogP contribution in [0.25, 0.3) is 22.6 Å². The minimum Gasteiger partial charge on any atom is -0.481 e. The van der Waals surface area contributed by atoms with E-state index in [1.807, 2.05) is 24.3 Å². The van der Waals surface area contributed by atoms with Gasteiger partial charge in [-0.15, -0.1) is 0 Å². The van der Waals surface area contributed by atoms with E-state index in [1.54, 1.807) is 13.2 Å². The summed E-state index contributed by atoms with van der Waals surface area (Å²) in [6.07, 6.45) is 0. The Labute approximate surface area is 122 Å². The summed E-state index contributed by atoms with van der Waals surface area (Å²) in [4.78, 5) is 11.9. The third-order valence-electron chi connectivity index (χ3n) is 2.72. The molecule has 2 heterocycles. The average Bonchev–Trinajstić information content (AvgIpc) is 2.84. The second-order valence-electron chi connectivity index (χ2n) is 3.94. The van der Waals surface area contributed by atoms with E-state index in [2.05, 4.69) is 30.9 Å². The molecule has 0 atom stereocenters. The van der Waals surface area contributed by atoms with E-state index < -0.39 is 0 Å². The van der Waals surface area contributed by atoms with Crippen molar-refractivity contribution in [3.8, 4) is 17.3 Å². The molecule has 3 rings (SSSR count). The lowest BCUT2D eigenvalue weighted by Gasteiger charge is -1.99. The van der Waals surface area contributed by atoms with Crippen LogP contribution in [0.2, 0.25) is 5.02 Å². The number of nitrogens with one attached hydrogen (secondary N) is 1. The topological polar surface area (TPSA) is 50.8 Å². The van der Waals surface area contributed by atoms with Gasteiger partial charge in [0.15, 0.2) is 5.65 Å². The summed E-state index contributed by atoms with van der Waals surface area (Å²) < 4.78 is 5.94. The number of pyridine rings is 1. The Kier molecular flexibility index (Phi) is 3.16. The smallest absolute Gasteiger partial charge is 0.215 e. The van der Waals surface area contributed by atoms with Crippen LogP contribution in [0.15, 0.2) is 34.8 Å². The molecular weight excluding hydrogens is 330 g/mol. The Balaban J connectivity index is 2.11. The number of aromatic nitrogens is 3. The van der Waals surface area contributed by atoms with E-state index in [9.17, 15) is 0 Å². The van der Waals surface area contributed by atoms with E-state index in [4.69, 9.17) is 16.3 Å². The second kappa shape index (κ2) is 4.83. The van der Waals surface area contributed by atoms with Crippen LogP contribution in [0.4, 0.5) is 0 Å². The predicted octanol–water partition coefficient (Wildman–Crippen LogP) is 4.05. The average molecular weight is 339 g/mol. The molecule has 96 valence electrons. The van der Waals surface area contributed by atoms with Gasteiger partial charge in [0.2, 0.25) is 5.88 Å². The molecule has 3 aromatic rings. The Morgan fingerprint density at radius 1 is 1.21 bits per heavy atom. The van der Waals surface area contributed by atoms with E-state index in [0.29, 0.717) is 16.5 Å². The molecule has 2 aromatic heterocycles. The fourth-order valence-corrected chi connectivity index (χ4v) is 2.20. The molecule has 0 amide bonds. The van der Waals surface area contributed by atoms with Gasteiger partial charge in [-0.05, 0) is 34.1 Å². The number of nitrogens with zero attached hydrogens (tertiary/aromatic N) is 2. The zero-order valence-corrected chi connectivity index (χ0v) is 12.3. The molecule has 0 spiro atoms. The van der Waals surface area contributed by atoms with Crippen LogP contribution in [-0.2, 0) is 0 Å². The molecule has 0 aliphatic heterocycles. The summed E-state index contributed by atoms with van der Waals surface area (Å²) in [5, 5.41) is 0.642. The molecule has 19 heavy (non-hydrogen) atoms. The van der Waals surface area contributed by atoms with Crippen LogP contribution in [0.1, 0.15) is 0 Å². The Bertz CT molecular complexity index is 757. The van der Waals surface area contributed by atoms with Gasteiger partial charge < -0.3 is 9.72 Å². The van der Waals surface area contributed by atoms with E-state index in [0.717, 1.165) is 21.4 Å². The number of methoxy groups -OCH3 is 1. The van der Waals surface area contributed by atoms with Gasteiger partial charge in [-0.3, -0.25) is 0 Å². The fourth-order valence-electron chi connectivity index (χ4n) is 1.77. The van der Waals surface area contributed by atoms with Gasteiger partial charge in [0.05, 0.1) is 17.6 Å². The molecule has 0 fully saturated rings. The van der Waals surface area contributed by atoms with Crippen molar-refractivity contribution in [2.75, 3.05) is 7.11 Å². The third kappa shape index (κ3) is 2.31. The monoisotopic (exact) mass is 337 g/mol. The van der Waals surface area contributed by atoms with Crippen LogP contribution in [0.5, 0.6) is 5.88 Å². The summed E-state index contributed by atoms with van der Waals surface area (Å²) in [7, 11) is 1.58. The van der Waals surface area contributed by atoms with E-state index in [-0.39, 0.29) is 0 Å². The van der Waals surface area contributed by atoms with Crippen molar-refractivity contribution in [2.24, 2.45) is 0 Å². The molecule has 0 radical (unpaired) electrons. The molecule has 0 unspecified atom stereocenters. The highest BCUT2D eigenvalue weighted by molar-refractivity contribution is 9.10. The predicted molar refractivity (Wildman–Crippen MR) is 78.6 cm³/mol. The largest absolute Gasteiger partial charge is 0.481 e. The lowest BCUT2D eigenvalue weighted by Crippen LogP contribution is -1.86. The second-order valence-corrected chi connectivity index (χ2v) is 5.20. The van der Waals surface area contributed by atoms with Gasteiger partial charge in [0.25, 0.3) is 0 Å². The Morgan fingerprint density at radius 3 is 2.79 bits per heavy atom. The van der Waals surface area contributed by atoms with Crippen LogP contribution >= 0.6 is 27.5 Å². The Morgan fingerprint density at radius 2 is 2.05 bits per heavy atom. The van der Waals surface area contributed by atoms with Crippen molar-refractivity contribution < 1.29 is 4.74 Å². The summed E-state index contributed by atoms with van der Waals surface area (Å²) in [6.45, 7) is 0. The van der Waals surface area contributed by atoms with Gasteiger partial charge in [0.1, 0.15) is 5.82 Å². The number of fused-ring (bicyclic) bond motifs is 1. The van der Waals surface area contributed by atoms with Crippen LogP contribution < -0.4 is 4.74 Å². The van der Waals surface area contributed by atoms with Gasteiger partial charge in [-0.25, -0.2) is 4.98 Å². The van der Waals surface area contributed by atoms with E-state index in [1.165, 1.54) is 0 Å². The summed E-state index contributed by atoms with van der Waals surface area (Å²) in [6, 6.07) is 9.35. The summed E-state index contributed by atoms with van der Waals surface area (Å²) in [5.41, 5.74) is 2.38. The van der Waals surface area contributed by atoms with Gasteiger partial charge in [0, 0.05) is 16.1 Å². The number of halogens is 2. The number of hydrogen-bond donors (Lipinski definition) is 1. The maximum absolute atomic E-state index is 6.09. The molecular formula is C13H9BrClN3O. The van der Waals surface area contributed by atoms with Crippen molar-refractivity contribution in [3.63, 3.8) is 0 Å². The number of ether oxygens (including phenoxy) is 1. The number of rotatable bonds is 2. The van der Waals surface area contributed by atoms with Crippen LogP contribution in [-0.4, -0.2) is 22.1 Å². The highest BCUT2D eigenvalue weighted by Crippen LogP contribution is 2.28. The normalized spacial score (nSPS) is 10.9. The van der Waals surface area contributed by atoms with Crippen molar-refractivity contribution in [3.05, 3.63) is 39.8 Å². The SMILES string of the molecule is COc1ccc2[nH]c(-c3ccc(Br)c(Cl)c3)nc2n1. The number of H-pyrrole nitrogens is 1. The maximum Gasteiger partial charge on any atom is 0.215 e. The van der Waals surface area contributed by atoms with Gasteiger partial charge in [-0.2, -0.15) is 4.98 Å². The first-order valence-corrected chi connectivity index (χ1v) is 6.70. The van der Waals surface area contributed by atoms with Gasteiger partial charge in [-0.1, -0.05) is 17.7 Å². The van der Waals surface area contributed by atoms with Crippen molar-refractivity contribution >= 4 is 38.7 Å². The summed E-state index contributed by atoms with van der Waals surface area (Å²) in [5.74, 6) is 1.27. The van der Waals surface area contributed by atoms with Crippen molar-refractivity contribution in [1.82, 2.24) is 15.0 Å². The first-order valence-electron chi connectivity index (χ1n) is 5.53. The zero-order valence-electron chi connectivity index (χ0n) is 9.95. The van der Waals surface area contributed by atoms with Crippen LogP contribution in [0.3, 0.4) is 0 Å². The summed E-state index contributed by atoms with van der Waals surface area (Å²) >= 11 is 9.45. The number of imidazole rings is 1. The maximum atomic E-state index is 6.09. The first kappa shape index (κ1) is 12.4. The molecule has 0 bridgehead atoms. The lowest BCUT2D eigenvalue weighted by molar-refractivity contribution is 0.399. The fraction of sp³-hybridized carbons (Fsp3) is 0.0769. The van der Waals surface area contributed by atoms with Crippen molar-refractivity contribution in [1.29, 1.82) is 0 Å². The highest BCUT2D eigenvalue weighted by atomic mass is 79.9. The molecule has 0 aliphatic rings. The minimum absolute atomic E-state index is 0.541. The first-order chi connectivity index (χ1) is 9.17. The van der Waals surface area contributed by atoms with E-state index >= 15 is 0 Å². The molecule has 0 saturated carbocycles. The standard InChI is InChI=1S/C13H9BrClN3O/c1-19-11-5-4-10-13(17-11)18-12(16-10)7-2-3-8(14)9(15)6-7/h2-6H,1H3,(H,16,17,18). The number of benzene rings is 1. The molecule has 0 saturated heterocycles.